The number of carbonyl (C=O) groups is 1. The summed E-state index contributed by atoms with van der Waals surface area (Å²) in [6.07, 6.45) is 8.14. The first-order chi connectivity index (χ1) is 8.75. The second-order valence-electron chi connectivity index (χ2n) is 4.63. The van der Waals surface area contributed by atoms with Gasteiger partial charge in [0, 0.05) is 16.3 Å². The Kier molecular flexibility index (Phi) is 4.93. The van der Waals surface area contributed by atoms with Crippen LogP contribution in [0.3, 0.4) is 0 Å². The fourth-order valence-corrected chi connectivity index (χ4v) is 2.58. The van der Waals surface area contributed by atoms with E-state index in [1.54, 1.807) is 12.1 Å². The van der Waals surface area contributed by atoms with Crippen molar-refractivity contribution in [3.63, 3.8) is 0 Å². The van der Waals surface area contributed by atoms with Crippen molar-refractivity contribution in [3.05, 3.63) is 34.3 Å². The number of nitrogens with zero attached hydrogens (tertiary/aromatic N) is 1. The Hall–Kier alpha value is -1.16. The van der Waals surface area contributed by atoms with E-state index in [-0.39, 0.29) is 5.91 Å². The predicted octanol–water partition coefficient (Wildman–Crippen LogP) is 3.75. The Morgan fingerprint density at radius 2 is 2.11 bits per heavy atom. The molecular formula is C14H17BrN2O. The molecule has 0 atom stereocenters. The molecule has 0 radical (unpaired) electrons. The molecule has 0 saturated heterocycles. The largest absolute Gasteiger partial charge is 0.271 e. The third kappa shape index (κ3) is 3.95. The van der Waals surface area contributed by atoms with Crippen LogP contribution < -0.4 is 5.43 Å². The zero-order chi connectivity index (χ0) is 12.8. The van der Waals surface area contributed by atoms with Gasteiger partial charge in [0.25, 0.3) is 5.91 Å². The molecule has 1 aromatic carbocycles. The Morgan fingerprint density at radius 1 is 1.33 bits per heavy atom. The lowest BCUT2D eigenvalue weighted by Gasteiger charge is -2.16. The van der Waals surface area contributed by atoms with Crippen LogP contribution in [-0.2, 0) is 0 Å². The van der Waals surface area contributed by atoms with Crippen LogP contribution in [0.2, 0.25) is 0 Å². The number of hydrogen-bond acceptors (Lipinski definition) is 2. The first-order valence-electron chi connectivity index (χ1n) is 6.35. The maximum atomic E-state index is 11.8. The lowest BCUT2D eigenvalue weighted by atomic mass is 9.90. The Morgan fingerprint density at radius 3 is 2.83 bits per heavy atom. The standard InChI is InChI=1S/C14H17BrN2O/c15-13-8-4-7-12(9-13)14(18)17-16-10-11-5-2-1-3-6-11/h4,7-11H,1-3,5-6H2,(H,17,18)/b16-10-. The number of hydrazone groups is 1. The van der Waals surface area contributed by atoms with Crippen molar-refractivity contribution >= 4 is 28.1 Å². The zero-order valence-corrected chi connectivity index (χ0v) is 11.8. The Labute approximate surface area is 116 Å². The number of benzene rings is 1. The summed E-state index contributed by atoms with van der Waals surface area (Å²) in [5.74, 6) is 0.366. The van der Waals surface area contributed by atoms with Crippen LogP contribution in [0.5, 0.6) is 0 Å². The van der Waals surface area contributed by atoms with Gasteiger partial charge >= 0.3 is 0 Å². The average Bonchev–Trinajstić information content (AvgIpc) is 2.40. The van der Waals surface area contributed by atoms with E-state index in [2.05, 4.69) is 26.5 Å². The molecule has 0 spiro atoms. The van der Waals surface area contributed by atoms with E-state index < -0.39 is 0 Å². The van der Waals surface area contributed by atoms with E-state index >= 15 is 0 Å². The summed E-state index contributed by atoms with van der Waals surface area (Å²) in [6.45, 7) is 0. The van der Waals surface area contributed by atoms with E-state index in [1.165, 1.54) is 32.1 Å². The summed E-state index contributed by atoms with van der Waals surface area (Å²) >= 11 is 3.34. The van der Waals surface area contributed by atoms with E-state index in [0.29, 0.717) is 11.5 Å². The molecule has 4 heteroatoms. The third-order valence-corrected chi connectivity index (χ3v) is 3.68. The topological polar surface area (TPSA) is 41.5 Å². The van der Waals surface area contributed by atoms with Gasteiger partial charge in [-0.2, -0.15) is 5.10 Å². The molecule has 1 saturated carbocycles. The highest BCUT2D eigenvalue weighted by Gasteiger charge is 2.11. The lowest BCUT2D eigenvalue weighted by molar-refractivity contribution is 0.0955. The van der Waals surface area contributed by atoms with Crippen molar-refractivity contribution in [2.24, 2.45) is 11.0 Å². The number of halogens is 1. The number of amides is 1. The molecule has 0 unspecified atom stereocenters. The highest BCUT2D eigenvalue weighted by atomic mass is 79.9. The van der Waals surface area contributed by atoms with Gasteiger partial charge in [-0.3, -0.25) is 4.79 Å². The summed E-state index contributed by atoms with van der Waals surface area (Å²) in [6, 6.07) is 7.29. The fraction of sp³-hybridized carbons (Fsp3) is 0.429. The van der Waals surface area contributed by atoms with Crippen molar-refractivity contribution in [2.75, 3.05) is 0 Å². The fourth-order valence-electron chi connectivity index (χ4n) is 2.18. The normalized spacial score (nSPS) is 16.9. The molecule has 1 aromatic rings. The van der Waals surface area contributed by atoms with Crippen molar-refractivity contribution in [1.82, 2.24) is 5.43 Å². The number of rotatable bonds is 3. The van der Waals surface area contributed by atoms with Crippen molar-refractivity contribution in [3.8, 4) is 0 Å². The minimum atomic E-state index is -0.164. The van der Waals surface area contributed by atoms with E-state index in [1.807, 2.05) is 18.3 Å². The van der Waals surface area contributed by atoms with Crippen molar-refractivity contribution in [1.29, 1.82) is 0 Å². The predicted molar refractivity (Wildman–Crippen MR) is 76.7 cm³/mol. The van der Waals surface area contributed by atoms with E-state index in [4.69, 9.17) is 0 Å². The van der Waals surface area contributed by atoms with Crippen LogP contribution in [0.4, 0.5) is 0 Å². The summed E-state index contributed by atoms with van der Waals surface area (Å²) in [4.78, 5) is 11.8. The molecule has 0 aliphatic heterocycles. The Balaban J connectivity index is 1.86. The zero-order valence-electron chi connectivity index (χ0n) is 10.2. The highest BCUT2D eigenvalue weighted by Crippen LogP contribution is 2.21. The van der Waals surface area contributed by atoms with Gasteiger partial charge in [0.2, 0.25) is 0 Å². The van der Waals surface area contributed by atoms with Gasteiger partial charge in [-0.15, -0.1) is 0 Å². The van der Waals surface area contributed by atoms with Crippen LogP contribution in [0.15, 0.2) is 33.8 Å². The molecule has 1 amide bonds. The smallest absolute Gasteiger partial charge is 0.267 e. The molecule has 96 valence electrons. The quantitative estimate of drug-likeness (QED) is 0.670. The molecular weight excluding hydrogens is 292 g/mol. The van der Waals surface area contributed by atoms with Crippen molar-refractivity contribution < 1.29 is 4.79 Å². The molecule has 0 heterocycles. The van der Waals surface area contributed by atoms with Gasteiger partial charge in [-0.05, 0) is 37.0 Å². The monoisotopic (exact) mass is 308 g/mol. The van der Waals surface area contributed by atoms with E-state index in [9.17, 15) is 4.79 Å². The molecule has 1 aliphatic carbocycles. The number of nitrogens with one attached hydrogen (secondary N) is 1. The van der Waals surface area contributed by atoms with Gasteiger partial charge in [-0.25, -0.2) is 5.43 Å². The van der Waals surface area contributed by atoms with E-state index in [0.717, 1.165) is 4.47 Å². The maximum Gasteiger partial charge on any atom is 0.271 e. The van der Waals surface area contributed by atoms with Gasteiger partial charge in [0.15, 0.2) is 0 Å². The average molecular weight is 309 g/mol. The van der Waals surface area contributed by atoms with Crippen LogP contribution in [0.1, 0.15) is 42.5 Å². The summed E-state index contributed by atoms with van der Waals surface area (Å²) < 4.78 is 0.895. The minimum Gasteiger partial charge on any atom is -0.267 e. The summed E-state index contributed by atoms with van der Waals surface area (Å²) in [5, 5.41) is 4.06. The number of carbonyl (C=O) groups excluding carboxylic acids is 1. The molecule has 0 aromatic heterocycles. The molecule has 1 aliphatic rings. The second kappa shape index (κ2) is 6.69. The molecule has 1 fully saturated rings. The minimum absolute atomic E-state index is 0.164. The Bertz CT molecular complexity index is 439. The van der Waals surface area contributed by atoms with Crippen molar-refractivity contribution in [2.45, 2.75) is 32.1 Å². The van der Waals surface area contributed by atoms with Gasteiger partial charge < -0.3 is 0 Å². The SMILES string of the molecule is O=C(N/N=C\C1CCCCC1)c1cccc(Br)c1. The maximum absolute atomic E-state index is 11.8. The van der Waals surface area contributed by atoms with Gasteiger partial charge in [0.05, 0.1) is 0 Å². The lowest BCUT2D eigenvalue weighted by Crippen LogP contribution is -2.19. The molecule has 2 rings (SSSR count). The molecule has 0 bridgehead atoms. The van der Waals surface area contributed by atoms with Crippen LogP contribution in [0, 0.1) is 5.92 Å². The molecule has 1 N–H and O–H groups in total. The second-order valence-corrected chi connectivity index (χ2v) is 5.54. The molecule has 3 nitrogen and oxygen atoms in total. The third-order valence-electron chi connectivity index (χ3n) is 3.19. The van der Waals surface area contributed by atoms with Crippen LogP contribution >= 0.6 is 15.9 Å². The number of hydrogen-bond donors (Lipinski definition) is 1. The molecule has 18 heavy (non-hydrogen) atoms. The first kappa shape index (κ1) is 13.3. The first-order valence-corrected chi connectivity index (χ1v) is 7.14. The summed E-state index contributed by atoms with van der Waals surface area (Å²) in [7, 11) is 0. The van der Waals surface area contributed by atoms with Crippen LogP contribution in [0.25, 0.3) is 0 Å². The van der Waals surface area contributed by atoms with Crippen LogP contribution in [-0.4, -0.2) is 12.1 Å². The summed E-state index contributed by atoms with van der Waals surface area (Å²) in [5.41, 5.74) is 3.20. The van der Waals surface area contributed by atoms with Gasteiger partial charge in [0.1, 0.15) is 0 Å². The van der Waals surface area contributed by atoms with Gasteiger partial charge in [-0.1, -0.05) is 41.3 Å². The highest BCUT2D eigenvalue weighted by molar-refractivity contribution is 9.10.